The molecule has 2 heterocycles. The Morgan fingerprint density at radius 1 is 1.18 bits per heavy atom. The average Bonchev–Trinajstić information content (AvgIpc) is 3.25. The third kappa shape index (κ3) is 3.91. The lowest BCUT2D eigenvalue weighted by Gasteiger charge is -2.22. The molecule has 1 aromatic heterocycles. The number of carbonyl (C=O) groups is 2. The Bertz CT molecular complexity index is 994. The van der Waals surface area contributed by atoms with Crippen molar-refractivity contribution in [3.8, 4) is 0 Å². The molecular weight excluding hydrogens is 390 g/mol. The predicted octanol–water partition coefficient (Wildman–Crippen LogP) is 5.14. The van der Waals surface area contributed by atoms with Gasteiger partial charge in [0.25, 0.3) is 5.24 Å². The Morgan fingerprint density at radius 3 is 2.61 bits per heavy atom. The molecule has 0 saturated carbocycles. The summed E-state index contributed by atoms with van der Waals surface area (Å²) in [6.07, 6.45) is 0.273. The second-order valence-corrected chi connectivity index (χ2v) is 8.95. The van der Waals surface area contributed by atoms with Crippen LogP contribution in [0.4, 0.5) is 15.6 Å². The van der Waals surface area contributed by atoms with Crippen molar-refractivity contribution in [3.63, 3.8) is 0 Å². The van der Waals surface area contributed by atoms with E-state index in [0.717, 1.165) is 32.8 Å². The summed E-state index contributed by atoms with van der Waals surface area (Å²) in [7, 11) is 0. The van der Waals surface area contributed by atoms with E-state index in [1.165, 1.54) is 23.1 Å². The number of rotatable bonds is 5. The number of hydrogen-bond donors (Lipinski definition) is 0. The first-order valence-electron chi connectivity index (χ1n) is 9.20. The third-order valence-corrected chi connectivity index (χ3v) is 6.54. The second-order valence-electron chi connectivity index (χ2n) is 6.89. The Hall–Kier alpha value is -2.38. The normalized spacial score (nSPS) is 14.1. The van der Waals surface area contributed by atoms with E-state index in [2.05, 4.69) is 6.07 Å². The van der Waals surface area contributed by atoms with Crippen LogP contribution in [0.2, 0.25) is 0 Å². The number of thioether (sulfide) groups is 1. The van der Waals surface area contributed by atoms with Gasteiger partial charge < -0.3 is 4.90 Å². The molecule has 144 valence electrons. The van der Waals surface area contributed by atoms with E-state index in [9.17, 15) is 9.59 Å². The van der Waals surface area contributed by atoms with Crippen LogP contribution in [0.25, 0.3) is 10.2 Å². The molecule has 1 fully saturated rings. The SMILES string of the molecule is Cc1cc(C)cc(N(C(=O)CCN2CCSC2=O)c2nc3ccccc3s2)c1. The lowest BCUT2D eigenvalue weighted by Crippen LogP contribution is -2.32. The number of nitrogens with zero attached hydrogens (tertiary/aromatic N) is 3. The largest absolute Gasteiger partial charge is 0.332 e. The number of aryl methyl sites for hydroxylation is 2. The highest BCUT2D eigenvalue weighted by molar-refractivity contribution is 8.13. The molecule has 0 atom stereocenters. The number of fused-ring (bicyclic) bond motifs is 1. The van der Waals surface area contributed by atoms with Crippen LogP contribution in [0, 0.1) is 13.8 Å². The fourth-order valence-corrected chi connectivity index (χ4v) is 5.22. The molecule has 1 aliphatic rings. The van der Waals surface area contributed by atoms with Crippen LogP contribution in [0.3, 0.4) is 0 Å². The fourth-order valence-electron chi connectivity index (χ4n) is 3.37. The number of aromatic nitrogens is 1. The first-order chi connectivity index (χ1) is 13.5. The van der Waals surface area contributed by atoms with Crippen molar-refractivity contribution in [2.45, 2.75) is 20.3 Å². The Balaban J connectivity index is 1.68. The predicted molar refractivity (Wildman–Crippen MR) is 117 cm³/mol. The van der Waals surface area contributed by atoms with Gasteiger partial charge in [-0.25, -0.2) is 4.98 Å². The van der Waals surface area contributed by atoms with Gasteiger partial charge >= 0.3 is 0 Å². The molecule has 0 aliphatic carbocycles. The maximum Gasteiger partial charge on any atom is 0.281 e. The molecule has 0 unspecified atom stereocenters. The lowest BCUT2D eigenvalue weighted by atomic mass is 10.1. The van der Waals surface area contributed by atoms with Crippen molar-refractivity contribution in [1.29, 1.82) is 0 Å². The van der Waals surface area contributed by atoms with Crippen LogP contribution in [0.15, 0.2) is 42.5 Å². The zero-order valence-corrected chi connectivity index (χ0v) is 17.5. The Kier molecular flexibility index (Phi) is 5.37. The minimum absolute atomic E-state index is 0.0474. The van der Waals surface area contributed by atoms with Gasteiger partial charge in [-0.3, -0.25) is 14.5 Å². The molecule has 4 rings (SSSR count). The monoisotopic (exact) mass is 411 g/mol. The number of para-hydroxylation sites is 1. The number of anilines is 2. The molecule has 1 saturated heterocycles. The van der Waals surface area contributed by atoms with Gasteiger partial charge in [0.15, 0.2) is 5.13 Å². The molecule has 3 aromatic rings. The van der Waals surface area contributed by atoms with Gasteiger partial charge in [0.1, 0.15) is 0 Å². The highest BCUT2D eigenvalue weighted by Gasteiger charge is 2.26. The van der Waals surface area contributed by atoms with E-state index in [1.54, 1.807) is 9.80 Å². The molecule has 5 nitrogen and oxygen atoms in total. The maximum atomic E-state index is 13.3. The Morgan fingerprint density at radius 2 is 1.93 bits per heavy atom. The van der Waals surface area contributed by atoms with Crippen molar-refractivity contribution < 1.29 is 9.59 Å². The summed E-state index contributed by atoms with van der Waals surface area (Å²) in [5.74, 6) is 0.750. The zero-order valence-electron chi connectivity index (χ0n) is 15.8. The van der Waals surface area contributed by atoms with Gasteiger partial charge in [0, 0.05) is 25.3 Å². The standard InChI is InChI=1S/C21H21N3O2S2/c1-14-11-15(2)13-16(12-14)24(19(25)7-8-23-9-10-27-21(23)26)20-22-17-5-3-4-6-18(17)28-20/h3-6,11-13H,7-10H2,1-2H3. The van der Waals surface area contributed by atoms with Crippen molar-refractivity contribution in [3.05, 3.63) is 53.6 Å². The maximum absolute atomic E-state index is 13.3. The van der Waals surface area contributed by atoms with Crippen LogP contribution in [-0.2, 0) is 4.79 Å². The second kappa shape index (κ2) is 7.93. The van der Waals surface area contributed by atoms with E-state index >= 15 is 0 Å². The van der Waals surface area contributed by atoms with Crippen LogP contribution in [-0.4, -0.2) is 39.9 Å². The van der Waals surface area contributed by atoms with E-state index in [-0.39, 0.29) is 17.6 Å². The number of thiazole rings is 1. The molecule has 1 aliphatic heterocycles. The molecule has 0 N–H and O–H groups in total. The third-order valence-electron chi connectivity index (χ3n) is 4.63. The topological polar surface area (TPSA) is 53.5 Å². The number of carbonyl (C=O) groups excluding carboxylic acids is 2. The number of benzene rings is 2. The quantitative estimate of drug-likeness (QED) is 0.584. The van der Waals surface area contributed by atoms with Crippen LogP contribution in [0.1, 0.15) is 17.5 Å². The average molecular weight is 412 g/mol. The summed E-state index contributed by atoms with van der Waals surface area (Å²) in [5, 5.41) is 0.726. The molecular formula is C21H21N3O2S2. The molecule has 0 bridgehead atoms. The van der Waals surface area contributed by atoms with E-state index in [4.69, 9.17) is 4.98 Å². The lowest BCUT2D eigenvalue weighted by molar-refractivity contribution is -0.118. The molecule has 0 spiro atoms. The summed E-state index contributed by atoms with van der Waals surface area (Å²) in [6, 6.07) is 14.0. The number of hydrogen-bond acceptors (Lipinski definition) is 5. The summed E-state index contributed by atoms with van der Waals surface area (Å²) in [4.78, 5) is 33.3. The number of amides is 2. The van der Waals surface area contributed by atoms with Crippen LogP contribution < -0.4 is 4.90 Å². The Labute approximate surface area is 172 Å². The minimum Gasteiger partial charge on any atom is -0.332 e. The smallest absolute Gasteiger partial charge is 0.281 e. The van der Waals surface area contributed by atoms with Gasteiger partial charge in [-0.15, -0.1) is 0 Å². The fraction of sp³-hybridized carbons (Fsp3) is 0.286. The van der Waals surface area contributed by atoms with E-state index < -0.39 is 0 Å². The first-order valence-corrected chi connectivity index (χ1v) is 11.0. The summed E-state index contributed by atoms with van der Waals surface area (Å²) in [6.45, 7) is 5.20. The van der Waals surface area contributed by atoms with Crippen molar-refractivity contribution >= 4 is 55.3 Å². The van der Waals surface area contributed by atoms with E-state index in [1.807, 2.05) is 50.2 Å². The highest BCUT2D eigenvalue weighted by atomic mass is 32.2. The summed E-state index contributed by atoms with van der Waals surface area (Å²) >= 11 is 2.83. The summed E-state index contributed by atoms with van der Waals surface area (Å²) in [5.41, 5.74) is 3.90. The van der Waals surface area contributed by atoms with Crippen LogP contribution in [0.5, 0.6) is 0 Å². The van der Waals surface area contributed by atoms with Gasteiger partial charge in [0.05, 0.1) is 15.9 Å². The van der Waals surface area contributed by atoms with Crippen molar-refractivity contribution in [1.82, 2.24) is 9.88 Å². The van der Waals surface area contributed by atoms with Crippen LogP contribution >= 0.6 is 23.1 Å². The highest BCUT2D eigenvalue weighted by Crippen LogP contribution is 2.35. The van der Waals surface area contributed by atoms with E-state index in [0.29, 0.717) is 18.2 Å². The van der Waals surface area contributed by atoms with Gasteiger partial charge in [-0.1, -0.05) is 41.3 Å². The zero-order chi connectivity index (χ0) is 19.7. The minimum atomic E-state index is -0.0474. The molecule has 28 heavy (non-hydrogen) atoms. The van der Waals surface area contributed by atoms with Gasteiger partial charge in [0.2, 0.25) is 5.91 Å². The molecule has 2 aromatic carbocycles. The van der Waals surface area contributed by atoms with Crippen molar-refractivity contribution in [2.24, 2.45) is 0 Å². The van der Waals surface area contributed by atoms with Crippen molar-refractivity contribution in [2.75, 3.05) is 23.7 Å². The molecule has 0 radical (unpaired) electrons. The van der Waals surface area contributed by atoms with Gasteiger partial charge in [-0.05, 0) is 49.2 Å². The van der Waals surface area contributed by atoms with Gasteiger partial charge in [-0.2, -0.15) is 0 Å². The summed E-state index contributed by atoms with van der Waals surface area (Å²) < 4.78 is 1.05. The molecule has 2 amide bonds. The molecule has 7 heteroatoms. The first kappa shape index (κ1) is 19.0.